The Morgan fingerprint density at radius 3 is 1.60 bits per heavy atom. The summed E-state index contributed by atoms with van der Waals surface area (Å²) in [6, 6.07) is 67.7. The molecule has 0 aliphatic carbocycles. The van der Waals surface area contributed by atoms with Crippen LogP contribution in [-0.2, 0) is 0 Å². The van der Waals surface area contributed by atoms with Crippen molar-refractivity contribution < 1.29 is 8.83 Å². The zero-order chi connectivity index (χ0) is 35.1. The van der Waals surface area contributed by atoms with E-state index in [1.165, 1.54) is 22.3 Å². The molecule has 2 aromatic heterocycles. The van der Waals surface area contributed by atoms with Crippen molar-refractivity contribution in [2.24, 2.45) is 0 Å². The van der Waals surface area contributed by atoms with Crippen molar-refractivity contribution in [3.63, 3.8) is 0 Å². The standard InChI is InChI=1S/C49H32N2O2/c1-4-12-33(13-5-1)35-22-26-39(27-23-35)51(41-19-10-18-38(30-41)34-14-6-2-7-15-34)40-28-24-36(25-29-40)42-20-11-21-43-44-31-47-45(32-46(44)52-48(42)43)50-49(53-47)37-16-8-3-9-17-37/h1-32H. The molecule has 0 saturated heterocycles. The Kier molecular flexibility index (Phi) is 7.43. The van der Waals surface area contributed by atoms with E-state index in [9.17, 15) is 0 Å². The number of fused-ring (bicyclic) bond motifs is 4. The van der Waals surface area contributed by atoms with Gasteiger partial charge >= 0.3 is 0 Å². The van der Waals surface area contributed by atoms with E-state index in [2.05, 4.69) is 157 Å². The first-order valence-electron chi connectivity index (χ1n) is 17.8. The van der Waals surface area contributed by atoms with Gasteiger partial charge in [-0.2, -0.15) is 0 Å². The molecule has 10 aromatic rings. The van der Waals surface area contributed by atoms with E-state index < -0.39 is 0 Å². The minimum absolute atomic E-state index is 0.603. The first-order valence-corrected chi connectivity index (χ1v) is 17.8. The SMILES string of the molecule is c1ccc(-c2ccc(N(c3ccc(-c4cccc5c4oc4cc6nc(-c7ccccc7)oc6cc45)cc3)c3cccc(-c4ccccc4)c3)cc2)cc1. The Morgan fingerprint density at radius 1 is 0.358 bits per heavy atom. The number of rotatable bonds is 7. The molecule has 53 heavy (non-hydrogen) atoms. The minimum Gasteiger partial charge on any atom is -0.455 e. The highest BCUT2D eigenvalue weighted by Crippen LogP contribution is 2.41. The maximum atomic E-state index is 6.59. The van der Waals surface area contributed by atoms with Crippen molar-refractivity contribution in [3.05, 3.63) is 194 Å². The Bertz CT molecular complexity index is 2860. The molecule has 250 valence electrons. The molecular formula is C49H32N2O2. The maximum absolute atomic E-state index is 6.59. The number of para-hydroxylation sites is 1. The zero-order valence-electron chi connectivity index (χ0n) is 28.7. The van der Waals surface area contributed by atoms with Gasteiger partial charge in [-0.05, 0) is 82.4 Å². The van der Waals surface area contributed by atoms with Crippen LogP contribution in [0.25, 0.3) is 77.9 Å². The Balaban J connectivity index is 1.04. The van der Waals surface area contributed by atoms with Gasteiger partial charge in [-0.3, -0.25) is 0 Å². The van der Waals surface area contributed by atoms with E-state index in [-0.39, 0.29) is 0 Å². The number of furan rings is 1. The largest absolute Gasteiger partial charge is 0.455 e. The molecule has 10 rings (SSSR count). The zero-order valence-corrected chi connectivity index (χ0v) is 28.7. The molecule has 0 aliphatic rings. The summed E-state index contributed by atoms with van der Waals surface area (Å²) in [5.41, 5.74) is 14.1. The summed E-state index contributed by atoms with van der Waals surface area (Å²) in [5.74, 6) is 0.603. The van der Waals surface area contributed by atoms with Gasteiger partial charge < -0.3 is 13.7 Å². The average Bonchev–Trinajstić information content (AvgIpc) is 3.82. The van der Waals surface area contributed by atoms with Crippen molar-refractivity contribution in [2.75, 3.05) is 4.90 Å². The lowest BCUT2D eigenvalue weighted by Crippen LogP contribution is -2.10. The average molecular weight is 681 g/mol. The lowest BCUT2D eigenvalue weighted by molar-refractivity contribution is 0.620. The summed E-state index contributed by atoms with van der Waals surface area (Å²) in [6.07, 6.45) is 0. The fourth-order valence-corrected chi connectivity index (χ4v) is 7.28. The lowest BCUT2D eigenvalue weighted by Gasteiger charge is -2.26. The van der Waals surface area contributed by atoms with Crippen LogP contribution < -0.4 is 4.90 Å². The number of nitrogens with zero attached hydrogens (tertiary/aromatic N) is 2. The van der Waals surface area contributed by atoms with E-state index >= 15 is 0 Å². The number of hydrogen-bond donors (Lipinski definition) is 0. The van der Waals surface area contributed by atoms with Crippen LogP contribution in [-0.4, -0.2) is 4.98 Å². The molecular weight excluding hydrogens is 649 g/mol. The summed E-state index contributed by atoms with van der Waals surface area (Å²) < 4.78 is 12.8. The van der Waals surface area contributed by atoms with Gasteiger partial charge in [0.05, 0.1) is 0 Å². The highest BCUT2D eigenvalue weighted by Gasteiger charge is 2.18. The van der Waals surface area contributed by atoms with Crippen LogP contribution in [0.15, 0.2) is 203 Å². The molecule has 0 amide bonds. The van der Waals surface area contributed by atoms with E-state index in [0.29, 0.717) is 5.89 Å². The van der Waals surface area contributed by atoms with Crippen LogP contribution in [0.2, 0.25) is 0 Å². The van der Waals surface area contributed by atoms with E-state index in [1.54, 1.807) is 0 Å². The van der Waals surface area contributed by atoms with Gasteiger partial charge in [0.2, 0.25) is 5.89 Å². The van der Waals surface area contributed by atoms with Crippen molar-refractivity contribution in [1.29, 1.82) is 0 Å². The first-order chi connectivity index (χ1) is 26.2. The summed E-state index contributed by atoms with van der Waals surface area (Å²) in [6.45, 7) is 0. The van der Waals surface area contributed by atoms with Crippen LogP contribution in [0.1, 0.15) is 0 Å². The summed E-state index contributed by atoms with van der Waals surface area (Å²) in [7, 11) is 0. The predicted molar refractivity (Wildman–Crippen MR) is 218 cm³/mol. The molecule has 8 aromatic carbocycles. The van der Waals surface area contributed by atoms with Crippen LogP contribution >= 0.6 is 0 Å². The second-order valence-corrected chi connectivity index (χ2v) is 13.2. The van der Waals surface area contributed by atoms with Gasteiger partial charge in [0.1, 0.15) is 16.7 Å². The van der Waals surface area contributed by atoms with Crippen molar-refractivity contribution >= 4 is 50.1 Å². The highest BCUT2D eigenvalue weighted by atomic mass is 16.4. The van der Waals surface area contributed by atoms with Gasteiger partial charge in [0, 0.05) is 45.0 Å². The lowest BCUT2D eigenvalue weighted by atomic mass is 10.0. The molecule has 0 radical (unpaired) electrons. The smallest absolute Gasteiger partial charge is 0.227 e. The predicted octanol–water partition coefficient (Wildman–Crippen LogP) is 13.9. The molecule has 4 heteroatoms. The van der Waals surface area contributed by atoms with Gasteiger partial charge in [0.15, 0.2) is 5.58 Å². The summed E-state index contributed by atoms with van der Waals surface area (Å²) in [4.78, 5) is 7.09. The normalized spacial score (nSPS) is 11.4. The Hall–Kier alpha value is -7.17. The van der Waals surface area contributed by atoms with Crippen molar-refractivity contribution in [2.45, 2.75) is 0 Å². The van der Waals surface area contributed by atoms with Crippen molar-refractivity contribution in [1.82, 2.24) is 4.98 Å². The fraction of sp³-hybridized carbons (Fsp3) is 0. The van der Waals surface area contributed by atoms with E-state index in [1.807, 2.05) is 42.5 Å². The monoisotopic (exact) mass is 680 g/mol. The molecule has 4 nitrogen and oxygen atoms in total. The second kappa shape index (κ2) is 12.9. The number of aromatic nitrogens is 1. The number of anilines is 3. The van der Waals surface area contributed by atoms with Gasteiger partial charge in [-0.1, -0.05) is 133 Å². The highest BCUT2D eigenvalue weighted by molar-refractivity contribution is 6.12. The Labute approximate surface area is 306 Å². The molecule has 0 aliphatic heterocycles. The molecule has 0 fully saturated rings. The van der Waals surface area contributed by atoms with Gasteiger partial charge in [-0.15, -0.1) is 0 Å². The number of oxazole rings is 1. The molecule has 0 saturated carbocycles. The molecule has 2 heterocycles. The van der Waals surface area contributed by atoms with Gasteiger partial charge in [0.25, 0.3) is 0 Å². The van der Waals surface area contributed by atoms with E-state index in [4.69, 9.17) is 13.8 Å². The minimum atomic E-state index is 0.603. The van der Waals surface area contributed by atoms with Crippen LogP contribution in [0, 0.1) is 0 Å². The second-order valence-electron chi connectivity index (χ2n) is 13.2. The van der Waals surface area contributed by atoms with Gasteiger partial charge in [-0.25, -0.2) is 4.98 Å². The molecule has 0 bridgehead atoms. The quantitative estimate of drug-likeness (QED) is 0.168. The topological polar surface area (TPSA) is 42.4 Å². The third kappa shape index (κ3) is 5.63. The third-order valence-corrected chi connectivity index (χ3v) is 9.91. The first kappa shape index (κ1) is 30.6. The molecule has 0 spiro atoms. The van der Waals surface area contributed by atoms with Crippen LogP contribution in [0.4, 0.5) is 17.1 Å². The third-order valence-electron chi connectivity index (χ3n) is 9.91. The maximum Gasteiger partial charge on any atom is 0.227 e. The molecule has 0 atom stereocenters. The Morgan fingerprint density at radius 2 is 0.925 bits per heavy atom. The van der Waals surface area contributed by atoms with Crippen molar-refractivity contribution in [3.8, 4) is 44.8 Å². The fourth-order valence-electron chi connectivity index (χ4n) is 7.28. The van der Waals surface area contributed by atoms with E-state index in [0.717, 1.165) is 66.8 Å². The summed E-state index contributed by atoms with van der Waals surface area (Å²) >= 11 is 0. The number of benzene rings is 8. The van der Waals surface area contributed by atoms with Crippen LogP contribution in [0.3, 0.4) is 0 Å². The van der Waals surface area contributed by atoms with Crippen LogP contribution in [0.5, 0.6) is 0 Å². The molecule has 0 N–H and O–H groups in total. The number of hydrogen-bond acceptors (Lipinski definition) is 4. The molecule has 0 unspecified atom stereocenters. The summed E-state index contributed by atoms with van der Waals surface area (Å²) in [5, 5.41) is 2.05.